The van der Waals surface area contributed by atoms with Crippen molar-refractivity contribution in [3.05, 3.63) is 47.0 Å². The summed E-state index contributed by atoms with van der Waals surface area (Å²) in [6.45, 7) is 3.52. The Bertz CT molecular complexity index is 548. The van der Waals surface area contributed by atoms with Crippen molar-refractivity contribution in [3.8, 4) is 5.75 Å². The van der Waals surface area contributed by atoms with Crippen LogP contribution in [-0.4, -0.2) is 57.7 Å². The molecule has 0 bridgehead atoms. The lowest BCUT2D eigenvalue weighted by molar-refractivity contribution is -0.384. The van der Waals surface area contributed by atoms with E-state index >= 15 is 0 Å². The Morgan fingerprint density at radius 3 is 2.35 bits per heavy atom. The van der Waals surface area contributed by atoms with Crippen LogP contribution in [0.1, 0.15) is 0 Å². The summed E-state index contributed by atoms with van der Waals surface area (Å²) >= 11 is 0. The van der Waals surface area contributed by atoms with Gasteiger partial charge in [0.25, 0.3) is 5.69 Å². The van der Waals surface area contributed by atoms with Crippen molar-refractivity contribution in [3.63, 3.8) is 0 Å². The predicted octanol–water partition coefficient (Wildman–Crippen LogP) is -0.0587. The highest BCUT2D eigenvalue weighted by Gasteiger charge is 2.45. The molecule has 1 aliphatic rings. The first-order valence-corrected chi connectivity index (χ1v) is 6.77. The van der Waals surface area contributed by atoms with Crippen molar-refractivity contribution in [1.29, 1.82) is 0 Å². The van der Waals surface area contributed by atoms with Crippen molar-refractivity contribution in [2.75, 3.05) is 6.61 Å². The first kappa shape index (κ1) is 17.3. The number of nitrogens with zero attached hydrogens (tertiary/aromatic N) is 1. The summed E-state index contributed by atoms with van der Waals surface area (Å²) in [5.41, 5.74) is -0.120. The van der Waals surface area contributed by atoms with Gasteiger partial charge in [0.15, 0.2) is 6.29 Å². The molecule has 3 N–H and O–H groups in total. The molecule has 0 aromatic heterocycles. The van der Waals surface area contributed by atoms with E-state index in [4.69, 9.17) is 14.2 Å². The minimum absolute atomic E-state index is 0.0643. The molecule has 1 aromatic carbocycles. The van der Waals surface area contributed by atoms with Gasteiger partial charge in [0.2, 0.25) is 6.29 Å². The predicted molar refractivity (Wildman–Crippen MR) is 76.6 cm³/mol. The van der Waals surface area contributed by atoms with Crippen LogP contribution in [0, 0.1) is 10.1 Å². The van der Waals surface area contributed by atoms with Crippen LogP contribution in [0.4, 0.5) is 5.69 Å². The van der Waals surface area contributed by atoms with Crippen LogP contribution >= 0.6 is 0 Å². The molecule has 23 heavy (non-hydrogen) atoms. The normalized spacial score (nSPS) is 30.7. The molecule has 1 heterocycles. The van der Waals surface area contributed by atoms with Crippen molar-refractivity contribution in [1.82, 2.24) is 0 Å². The third-order valence-corrected chi connectivity index (χ3v) is 3.20. The molecule has 126 valence electrons. The Hall–Kier alpha value is -2.04. The maximum Gasteiger partial charge on any atom is 0.269 e. The molecule has 1 aromatic rings. The fourth-order valence-corrected chi connectivity index (χ4v) is 2.00. The second kappa shape index (κ2) is 7.49. The molecule has 0 unspecified atom stereocenters. The Balaban J connectivity index is 2.07. The molecule has 0 spiro atoms. The topological polar surface area (TPSA) is 132 Å². The third-order valence-electron chi connectivity index (χ3n) is 3.20. The van der Waals surface area contributed by atoms with Gasteiger partial charge in [-0.2, -0.15) is 0 Å². The van der Waals surface area contributed by atoms with Gasteiger partial charge in [-0.3, -0.25) is 10.1 Å². The SMILES string of the molecule is C=CCO[C@H]1O[C@@H](Oc2ccc([N+](=O)[O-])cc2)[C@H](O)[C@@H](O)[C@H]1O. The number of nitro groups is 1. The quantitative estimate of drug-likeness (QED) is 0.376. The molecule has 9 nitrogen and oxygen atoms in total. The highest BCUT2D eigenvalue weighted by molar-refractivity contribution is 5.36. The van der Waals surface area contributed by atoms with Crippen molar-refractivity contribution in [2.45, 2.75) is 30.9 Å². The van der Waals surface area contributed by atoms with Gasteiger partial charge in [0.05, 0.1) is 11.5 Å². The monoisotopic (exact) mass is 327 g/mol. The van der Waals surface area contributed by atoms with Crippen molar-refractivity contribution in [2.24, 2.45) is 0 Å². The highest BCUT2D eigenvalue weighted by Crippen LogP contribution is 2.26. The van der Waals surface area contributed by atoms with Gasteiger partial charge in [-0.1, -0.05) is 6.08 Å². The molecule has 0 saturated carbocycles. The lowest BCUT2D eigenvalue weighted by Gasteiger charge is -2.39. The zero-order valence-corrected chi connectivity index (χ0v) is 12.0. The lowest BCUT2D eigenvalue weighted by Crippen LogP contribution is -2.59. The first-order chi connectivity index (χ1) is 10.9. The number of nitro benzene ring substituents is 1. The van der Waals surface area contributed by atoms with Crippen LogP contribution in [0.5, 0.6) is 5.75 Å². The van der Waals surface area contributed by atoms with E-state index in [0.717, 1.165) is 0 Å². The summed E-state index contributed by atoms with van der Waals surface area (Å²) in [6, 6.07) is 5.10. The number of rotatable bonds is 6. The summed E-state index contributed by atoms with van der Waals surface area (Å²) in [5, 5.41) is 40.1. The summed E-state index contributed by atoms with van der Waals surface area (Å²) in [6.07, 6.45) is -5.62. The summed E-state index contributed by atoms with van der Waals surface area (Å²) < 4.78 is 15.8. The molecule has 9 heteroatoms. The van der Waals surface area contributed by atoms with E-state index < -0.39 is 35.8 Å². The zero-order valence-electron chi connectivity index (χ0n) is 12.0. The van der Waals surface area contributed by atoms with E-state index in [1.165, 1.54) is 30.3 Å². The highest BCUT2D eigenvalue weighted by atomic mass is 16.8. The minimum atomic E-state index is -1.54. The minimum Gasteiger partial charge on any atom is -0.462 e. The molecule has 0 amide bonds. The number of aliphatic hydroxyl groups excluding tert-OH is 3. The van der Waals surface area contributed by atoms with Crippen LogP contribution in [0.2, 0.25) is 0 Å². The van der Waals surface area contributed by atoms with Gasteiger partial charge in [-0.15, -0.1) is 6.58 Å². The van der Waals surface area contributed by atoms with Gasteiger partial charge >= 0.3 is 0 Å². The Morgan fingerprint density at radius 2 is 1.78 bits per heavy atom. The molecule has 2 rings (SSSR count). The number of ether oxygens (including phenoxy) is 3. The standard InChI is InChI=1S/C14H17NO8/c1-2-7-21-13-11(17)10(16)12(18)14(23-13)22-9-5-3-8(4-6-9)15(19)20/h2-6,10-14,16-18H,1,7H2/t10-,11+,12+,13-,14+/m0/s1. The average molecular weight is 327 g/mol. The maximum absolute atomic E-state index is 10.6. The smallest absolute Gasteiger partial charge is 0.269 e. The van der Waals surface area contributed by atoms with Gasteiger partial charge in [-0.05, 0) is 12.1 Å². The van der Waals surface area contributed by atoms with E-state index in [0.29, 0.717) is 0 Å². The molecule has 0 radical (unpaired) electrons. The average Bonchev–Trinajstić information content (AvgIpc) is 2.54. The van der Waals surface area contributed by atoms with Gasteiger partial charge < -0.3 is 29.5 Å². The molecular weight excluding hydrogens is 310 g/mol. The summed E-state index contributed by atoms with van der Waals surface area (Å²) in [5.74, 6) is 0.186. The molecule has 1 saturated heterocycles. The molecule has 1 aliphatic heterocycles. The third kappa shape index (κ3) is 4.03. The second-order valence-electron chi connectivity index (χ2n) is 4.84. The number of hydrogen-bond acceptors (Lipinski definition) is 8. The zero-order chi connectivity index (χ0) is 17.0. The maximum atomic E-state index is 10.6. The van der Waals surface area contributed by atoms with Crippen molar-refractivity contribution < 1.29 is 34.5 Å². The fourth-order valence-electron chi connectivity index (χ4n) is 2.00. The number of hydrogen-bond donors (Lipinski definition) is 3. The van der Waals surface area contributed by atoms with Crippen LogP contribution < -0.4 is 4.74 Å². The molecular formula is C14H17NO8. The summed E-state index contributed by atoms with van der Waals surface area (Å²) in [4.78, 5) is 10.0. The van der Waals surface area contributed by atoms with Crippen LogP contribution in [0.3, 0.4) is 0 Å². The molecule has 5 atom stereocenters. The Kier molecular flexibility index (Phi) is 5.64. The lowest BCUT2D eigenvalue weighted by atomic mass is 10.0. The number of benzene rings is 1. The van der Waals surface area contributed by atoms with E-state index in [1.54, 1.807) is 0 Å². The Morgan fingerprint density at radius 1 is 1.17 bits per heavy atom. The van der Waals surface area contributed by atoms with E-state index in [9.17, 15) is 25.4 Å². The fraction of sp³-hybridized carbons (Fsp3) is 0.429. The van der Waals surface area contributed by atoms with E-state index in [2.05, 4.69) is 6.58 Å². The van der Waals surface area contributed by atoms with Gasteiger partial charge in [0.1, 0.15) is 24.1 Å². The second-order valence-corrected chi connectivity index (χ2v) is 4.84. The largest absolute Gasteiger partial charge is 0.462 e. The Labute approximate surface area is 131 Å². The molecule has 0 aliphatic carbocycles. The van der Waals surface area contributed by atoms with Crippen molar-refractivity contribution >= 4 is 5.69 Å². The van der Waals surface area contributed by atoms with E-state index in [1.807, 2.05) is 0 Å². The van der Waals surface area contributed by atoms with E-state index in [-0.39, 0.29) is 18.0 Å². The summed E-state index contributed by atoms with van der Waals surface area (Å²) in [7, 11) is 0. The van der Waals surface area contributed by atoms with Crippen LogP contribution in [-0.2, 0) is 9.47 Å². The number of non-ortho nitro benzene ring substituents is 1. The molecule has 1 fully saturated rings. The van der Waals surface area contributed by atoms with Crippen LogP contribution in [0.15, 0.2) is 36.9 Å². The van der Waals surface area contributed by atoms with Gasteiger partial charge in [-0.25, -0.2) is 0 Å². The van der Waals surface area contributed by atoms with Gasteiger partial charge in [0, 0.05) is 12.1 Å². The van der Waals surface area contributed by atoms with Crippen LogP contribution in [0.25, 0.3) is 0 Å². The number of aliphatic hydroxyl groups is 3. The first-order valence-electron chi connectivity index (χ1n) is 6.77.